The Labute approximate surface area is 153 Å². The van der Waals surface area contributed by atoms with Crippen molar-refractivity contribution in [1.82, 2.24) is 0 Å². The lowest BCUT2D eigenvalue weighted by atomic mass is 9.83. The highest BCUT2D eigenvalue weighted by Gasteiger charge is 2.33. The summed E-state index contributed by atoms with van der Waals surface area (Å²) in [5.74, 6) is 2.30. The number of anilines is 1. The number of hydrogen-bond donors (Lipinski definition) is 1. The molecule has 0 aliphatic carbocycles. The van der Waals surface area contributed by atoms with Crippen LogP contribution in [0.5, 0.6) is 23.0 Å². The van der Waals surface area contributed by atoms with E-state index in [-0.39, 0.29) is 11.8 Å². The number of methoxy groups -OCH3 is 3. The van der Waals surface area contributed by atoms with Gasteiger partial charge in [-0.3, -0.25) is 4.79 Å². The third-order valence-electron chi connectivity index (χ3n) is 4.48. The molecule has 0 saturated carbocycles. The van der Waals surface area contributed by atoms with E-state index in [4.69, 9.17) is 18.9 Å². The molecule has 2 aromatic carbocycles. The van der Waals surface area contributed by atoms with Crippen LogP contribution >= 0.6 is 0 Å². The SMILES string of the molecule is CCOc1c(OC)cccc1C1CC(=O)Nc2cc(OC)cc(OC)c21. The van der Waals surface area contributed by atoms with E-state index in [1.165, 1.54) is 0 Å². The van der Waals surface area contributed by atoms with Crippen molar-refractivity contribution in [2.24, 2.45) is 0 Å². The lowest BCUT2D eigenvalue weighted by Crippen LogP contribution is -2.24. The average molecular weight is 357 g/mol. The van der Waals surface area contributed by atoms with Crippen LogP contribution in [0, 0.1) is 0 Å². The number of carbonyl (C=O) groups excluding carboxylic acids is 1. The molecule has 6 heteroatoms. The molecule has 1 atom stereocenters. The fourth-order valence-corrected chi connectivity index (χ4v) is 3.37. The highest BCUT2D eigenvalue weighted by Crippen LogP contribution is 2.48. The van der Waals surface area contributed by atoms with Gasteiger partial charge in [0.05, 0.1) is 33.6 Å². The Bertz CT molecular complexity index is 818. The van der Waals surface area contributed by atoms with Crippen molar-refractivity contribution >= 4 is 11.6 Å². The van der Waals surface area contributed by atoms with Crippen LogP contribution in [0.1, 0.15) is 30.4 Å². The lowest BCUT2D eigenvalue weighted by Gasteiger charge is -2.29. The predicted molar refractivity (Wildman–Crippen MR) is 98.8 cm³/mol. The van der Waals surface area contributed by atoms with Crippen molar-refractivity contribution in [3.8, 4) is 23.0 Å². The van der Waals surface area contributed by atoms with Gasteiger partial charge in [0.1, 0.15) is 11.5 Å². The summed E-state index contributed by atoms with van der Waals surface area (Å²) < 4.78 is 22.2. The fraction of sp³-hybridized carbons (Fsp3) is 0.350. The van der Waals surface area contributed by atoms with Gasteiger partial charge >= 0.3 is 0 Å². The molecule has 1 unspecified atom stereocenters. The van der Waals surface area contributed by atoms with E-state index in [0.29, 0.717) is 41.7 Å². The van der Waals surface area contributed by atoms with Gasteiger partial charge in [-0.25, -0.2) is 0 Å². The maximum Gasteiger partial charge on any atom is 0.225 e. The van der Waals surface area contributed by atoms with Crippen LogP contribution < -0.4 is 24.3 Å². The lowest BCUT2D eigenvalue weighted by molar-refractivity contribution is -0.116. The number of rotatable bonds is 6. The summed E-state index contributed by atoms with van der Waals surface area (Å²) in [5, 5.41) is 2.92. The van der Waals surface area contributed by atoms with Gasteiger partial charge in [0.15, 0.2) is 11.5 Å². The largest absolute Gasteiger partial charge is 0.497 e. The van der Waals surface area contributed by atoms with Gasteiger partial charge < -0.3 is 24.3 Å². The molecule has 6 nitrogen and oxygen atoms in total. The van der Waals surface area contributed by atoms with Gasteiger partial charge in [-0.1, -0.05) is 12.1 Å². The first-order valence-corrected chi connectivity index (χ1v) is 8.48. The molecule has 1 amide bonds. The van der Waals surface area contributed by atoms with Crippen molar-refractivity contribution in [2.45, 2.75) is 19.3 Å². The summed E-state index contributed by atoms with van der Waals surface area (Å²) in [6.07, 6.45) is 0.295. The van der Waals surface area contributed by atoms with Gasteiger partial charge in [-0.15, -0.1) is 0 Å². The van der Waals surface area contributed by atoms with Crippen molar-refractivity contribution in [3.63, 3.8) is 0 Å². The molecule has 1 heterocycles. The molecule has 3 rings (SSSR count). The van der Waals surface area contributed by atoms with Gasteiger partial charge in [-0.2, -0.15) is 0 Å². The molecule has 26 heavy (non-hydrogen) atoms. The van der Waals surface area contributed by atoms with Crippen LogP contribution in [-0.2, 0) is 4.79 Å². The Morgan fingerprint density at radius 1 is 1.08 bits per heavy atom. The second kappa shape index (κ2) is 7.56. The zero-order valence-corrected chi connectivity index (χ0v) is 15.4. The highest BCUT2D eigenvalue weighted by atomic mass is 16.5. The second-order valence-corrected chi connectivity index (χ2v) is 5.91. The number of carbonyl (C=O) groups is 1. The predicted octanol–water partition coefficient (Wildman–Crippen LogP) is 3.59. The van der Waals surface area contributed by atoms with Gasteiger partial charge in [-0.05, 0) is 13.0 Å². The minimum atomic E-state index is -0.212. The Morgan fingerprint density at radius 3 is 2.50 bits per heavy atom. The zero-order chi connectivity index (χ0) is 18.7. The summed E-state index contributed by atoms with van der Waals surface area (Å²) >= 11 is 0. The molecule has 1 aliphatic heterocycles. The van der Waals surface area contributed by atoms with E-state index in [0.717, 1.165) is 11.1 Å². The molecule has 1 N–H and O–H groups in total. The minimum absolute atomic E-state index is 0.0666. The normalized spacial score (nSPS) is 15.7. The number of ether oxygens (including phenoxy) is 4. The van der Waals surface area contributed by atoms with E-state index in [1.807, 2.05) is 37.3 Å². The molecule has 0 aromatic heterocycles. The Kier molecular flexibility index (Phi) is 5.21. The summed E-state index contributed by atoms with van der Waals surface area (Å²) in [6, 6.07) is 9.35. The Morgan fingerprint density at radius 2 is 1.85 bits per heavy atom. The van der Waals surface area contributed by atoms with Gasteiger partial charge in [0.2, 0.25) is 5.91 Å². The quantitative estimate of drug-likeness (QED) is 0.856. The molecular weight excluding hydrogens is 334 g/mol. The Hall–Kier alpha value is -2.89. The zero-order valence-electron chi connectivity index (χ0n) is 15.4. The number of hydrogen-bond acceptors (Lipinski definition) is 5. The maximum absolute atomic E-state index is 12.4. The van der Waals surface area contributed by atoms with Crippen molar-refractivity contribution in [1.29, 1.82) is 0 Å². The first-order valence-electron chi connectivity index (χ1n) is 8.48. The molecule has 0 bridgehead atoms. The third-order valence-corrected chi connectivity index (χ3v) is 4.48. The fourth-order valence-electron chi connectivity index (χ4n) is 3.37. The monoisotopic (exact) mass is 357 g/mol. The minimum Gasteiger partial charge on any atom is -0.497 e. The molecule has 0 saturated heterocycles. The number of amides is 1. The van der Waals surface area contributed by atoms with E-state index >= 15 is 0 Å². The molecule has 0 spiro atoms. The van der Waals surface area contributed by atoms with Crippen LogP contribution in [0.4, 0.5) is 5.69 Å². The summed E-state index contributed by atoms with van der Waals surface area (Å²) in [6.45, 7) is 2.42. The first-order chi connectivity index (χ1) is 12.6. The standard InChI is InChI=1S/C20H23NO5/c1-5-26-20-13(7-6-8-16(20)24-3)14-11-18(22)21-15-9-12(23-2)10-17(25-4)19(14)15/h6-10,14H,5,11H2,1-4H3,(H,21,22). The van der Waals surface area contributed by atoms with E-state index in [2.05, 4.69) is 5.32 Å². The topological polar surface area (TPSA) is 66.0 Å². The smallest absolute Gasteiger partial charge is 0.225 e. The summed E-state index contributed by atoms with van der Waals surface area (Å²) in [7, 11) is 4.80. The maximum atomic E-state index is 12.4. The second-order valence-electron chi connectivity index (χ2n) is 5.91. The number of para-hydroxylation sites is 1. The van der Waals surface area contributed by atoms with Crippen molar-refractivity contribution in [3.05, 3.63) is 41.5 Å². The summed E-state index contributed by atoms with van der Waals surface area (Å²) in [5.41, 5.74) is 2.49. The van der Waals surface area contributed by atoms with Crippen LogP contribution in [0.3, 0.4) is 0 Å². The summed E-state index contributed by atoms with van der Waals surface area (Å²) in [4.78, 5) is 12.4. The van der Waals surface area contributed by atoms with E-state index in [9.17, 15) is 4.79 Å². The molecular formula is C20H23NO5. The van der Waals surface area contributed by atoms with Gasteiger partial charge in [0.25, 0.3) is 0 Å². The number of fused-ring (bicyclic) bond motifs is 1. The molecule has 1 aliphatic rings. The number of benzene rings is 2. The highest BCUT2D eigenvalue weighted by molar-refractivity contribution is 5.96. The third kappa shape index (κ3) is 3.14. The number of nitrogens with one attached hydrogen (secondary N) is 1. The van der Waals surface area contributed by atoms with E-state index in [1.54, 1.807) is 21.3 Å². The van der Waals surface area contributed by atoms with Crippen molar-refractivity contribution < 1.29 is 23.7 Å². The Balaban J connectivity index is 2.21. The van der Waals surface area contributed by atoms with Gasteiger partial charge in [0, 0.05) is 35.6 Å². The van der Waals surface area contributed by atoms with Crippen LogP contribution in [0.2, 0.25) is 0 Å². The van der Waals surface area contributed by atoms with E-state index < -0.39 is 0 Å². The molecule has 138 valence electrons. The first kappa shape index (κ1) is 17.9. The van der Waals surface area contributed by atoms with Crippen LogP contribution in [0.15, 0.2) is 30.3 Å². The molecule has 0 fully saturated rings. The van der Waals surface area contributed by atoms with Crippen LogP contribution in [-0.4, -0.2) is 33.8 Å². The average Bonchev–Trinajstić information content (AvgIpc) is 2.66. The van der Waals surface area contributed by atoms with Crippen LogP contribution in [0.25, 0.3) is 0 Å². The molecule has 0 radical (unpaired) electrons. The molecule has 2 aromatic rings. The van der Waals surface area contributed by atoms with Crippen molar-refractivity contribution in [2.75, 3.05) is 33.3 Å².